The average Bonchev–Trinajstić information content (AvgIpc) is 2.75. The lowest BCUT2D eigenvalue weighted by molar-refractivity contribution is 0.0698. The molecule has 0 aliphatic rings. The van der Waals surface area contributed by atoms with Gasteiger partial charge in [0.15, 0.2) is 0 Å². The van der Waals surface area contributed by atoms with Gasteiger partial charge in [0.2, 0.25) is 0 Å². The van der Waals surface area contributed by atoms with Gasteiger partial charge in [-0.15, -0.1) is 11.3 Å². The van der Waals surface area contributed by atoms with E-state index >= 15 is 0 Å². The first-order chi connectivity index (χ1) is 8.35. The maximum absolute atomic E-state index is 11.6. The van der Waals surface area contributed by atoms with Gasteiger partial charge in [0.05, 0.1) is 5.56 Å². The SMILES string of the molecule is CCC(C)(C)CNC(=O)Nc1sccc1C(=O)O. The van der Waals surface area contributed by atoms with E-state index < -0.39 is 5.97 Å². The van der Waals surface area contributed by atoms with Gasteiger partial charge < -0.3 is 10.4 Å². The largest absolute Gasteiger partial charge is 0.478 e. The highest BCUT2D eigenvalue weighted by molar-refractivity contribution is 7.14. The summed E-state index contributed by atoms with van der Waals surface area (Å²) in [6, 6.07) is 1.10. The lowest BCUT2D eigenvalue weighted by atomic mass is 9.90. The van der Waals surface area contributed by atoms with Crippen molar-refractivity contribution in [2.75, 3.05) is 11.9 Å². The second-order valence-corrected chi connectivity index (χ2v) is 5.71. The van der Waals surface area contributed by atoms with E-state index in [1.165, 1.54) is 17.4 Å². The summed E-state index contributed by atoms with van der Waals surface area (Å²) in [6.07, 6.45) is 0.951. The van der Waals surface area contributed by atoms with Crippen molar-refractivity contribution in [3.63, 3.8) is 0 Å². The minimum Gasteiger partial charge on any atom is -0.478 e. The van der Waals surface area contributed by atoms with Gasteiger partial charge >= 0.3 is 12.0 Å². The van der Waals surface area contributed by atoms with Gasteiger partial charge in [-0.2, -0.15) is 0 Å². The van der Waals surface area contributed by atoms with Gasteiger partial charge in [0.1, 0.15) is 5.00 Å². The van der Waals surface area contributed by atoms with Crippen LogP contribution >= 0.6 is 11.3 Å². The minimum absolute atomic E-state index is 0.0302. The lowest BCUT2D eigenvalue weighted by Gasteiger charge is -2.22. The second kappa shape index (κ2) is 5.86. The minimum atomic E-state index is -1.04. The van der Waals surface area contributed by atoms with Crippen LogP contribution in [0.3, 0.4) is 0 Å². The van der Waals surface area contributed by atoms with Gasteiger partial charge in [0, 0.05) is 6.54 Å². The highest BCUT2D eigenvalue weighted by Crippen LogP contribution is 2.23. The van der Waals surface area contributed by atoms with Crippen molar-refractivity contribution in [1.82, 2.24) is 5.32 Å². The number of urea groups is 1. The van der Waals surface area contributed by atoms with Gasteiger partial charge in [-0.1, -0.05) is 20.8 Å². The second-order valence-electron chi connectivity index (χ2n) is 4.79. The highest BCUT2D eigenvalue weighted by atomic mass is 32.1. The zero-order chi connectivity index (χ0) is 13.8. The number of anilines is 1. The Bertz CT molecular complexity index is 440. The molecule has 3 N–H and O–H groups in total. The van der Waals surface area contributed by atoms with Crippen LogP contribution in [-0.2, 0) is 0 Å². The predicted octanol–water partition coefficient (Wildman–Crippen LogP) is 3.00. The Balaban J connectivity index is 2.55. The zero-order valence-electron chi connectivity index (χ0n) is 10.7. The van der Waals surface area contributed by atoms with E-state index in [0.717, 1.165) is 6.42 Å². The van der Waals surface area contributed by atoms with Crippen LogP contribution in [0.1, 0.15) is 37.6 Å². The average molecular weight is 270 g/mol. The summed E-state index contributed by atoms with van der Waals surface area (Å²) in [5, 5.41) is 16.2. The Labute approximate surface area is 110 Å². The molecule has 0 unspecified atom stereocenters. The number of thiophene rings is 1. The summed E-state index contributed by atoms with van der Waals surface area (Å²) in [4.78, 5) is 22.5. The quantitative estimate of drug-likeness (QED) is 0.769. The number of carboxylic acids is 1. The summed E-state index contributed by atoms with van der Waals surface area (Å²) in [5.74, 6) is -1.04. The summed E-state index contributed by atoms with van der Waals surface area (Å²) in [6.45, 7) is 6.71. The van der Waals surface area contributed by atoms with Crippen LogP contribution in [-0.4, -0.2) is 23.7 Å². The van der Waals surface area contributed by atoms with Crippen molar-refractivity contribution >= 4 is 28.3 Å². The van der Waals surface area contributed by atoms with E-state index in [9.17, 15) is 9.59 Å². The number of nitrogens with one attached hydrogen (secondary N) is 2. The number of carbonyl (C=O) groups excluding carboxylic acids is 1. The molecule has 0 radical (unpaired) electrons. The van der Waals surface area contributed by atoms with E-state index in [2.05, 4.69) is 31.4 Å². The molecule has 0 aliphatic heterocycles. The zero-order valence-corrected chi connectivity index (χ0v) is 11.6. The molecule has 2 amide bonds. The first-order valence-electron chi connectivity index (χ1n) is 5.71. The highest BCUT2D eigenvalue weighted by Gasteiger charge is 2.17. The molecule has 0 aromatic carbocycles. The third kappa shape index (κ3) is 4.03. The summed E-state index contributed by atoms with van der Waals surface area (Å²) in [5.41, 5.74) is 0.146. The fraction of sp³-hybridized carbons (Fsp3) is 0.500. The maximum Gasteiger partial charge on any atom is 0.338 e. The number of aromatic carboxylic acids is 1. The van der Waals surface area contributed by atoms with Crippen molar-refractivity contribution in [3.05, 3.63) is 17.0 Å². The Morgan fingerprint density at radius 1 is 1.44 bits per heavy atom. The van der Waals surface area contributed by atoms with E-state index in [1.54, 1.807) is 5.38 Å². The van der Waals surface area contributed by atoms with Crippen molar-refractivity contribution in [2.24, 2.45) is 5.41 Å². The number of carboxylic acid groups (broad SMARTS) is 1. The van der Waals surface area contributed by atoms with Crippen molar-refractivity contribution < 1.29 is 14.7 Å². The number of carbonyl (C=O) groups is 2. The van der Waals surface area contributed by atoms with Crippen molar-refractivity contribution in [2.45, 2.75) is 27.2 Å². The summed E-state index contributed by atoms with van der Waals surface area (Å²) < 4.78 is 0. The Hall–Kier alpha value is -1.56. The molecule has 1 aromatic rings. The summed E-state index contributed by atoms with van der Waals surface area (Å²) >= 11 is 1.19. The molecule has 0 spiro atoms. The molecule has 0 aliphatic carbocycles. The van der Waals surface area contributed by atoms with Crippen molar-refractivity contribution in [1.29, 1.82) is 0 Å². The molecule has 0 saturated carbocycles. The standard InChI is InChI=1S/C12H18N2O3S/c1-4-12(2,3)7-13-11(17)14-9-8(10(15)16)5-6-18-9/h5-6H,4,7H2,1-3H3,(H,15,16)(H2,13,14,17). The number of amides is 2. The Morgan fingerprint density at radius 3 is 2.67 bits per heavy atom. The van der Waals surface area contributed by atoms with Crippen LogP contribution in [0.15, 0.2) is 11.4 Å². The van der Waals surface area contributed by atoms with Crippen LogP contribution < -0.4 is 10.6 Å². The Morgan fingerprint density at radius 2 is 2.11 bits per heavy atom. The number of rotatable bonds is 5. The number of hydrogen-bond acceptors (Lipinski definition) is 3. The predicted molar refractivity (Wildman–Crippen MR) is 72.4 cm³/mol. The fourth-order valence-corrected chi connectivity index (χ4v) is 1.94. The molecule has 0 atom stereocenters. The van der Waals surface area contributed by atoms with E-state index in [1.807, 2.05) is 0 Å². The van der Waals surface area contributed by atoms with E-state index in [-0.39, 0.29) is 17.0 Å². The normalized spacial score (nSPS) is 11.1. The molecular formula is C12H18N2O3S. The van der Waals surface area contributed by atoms with Crippen LogP contribution in [0.25, 0.3) is 0 Å². The lowest BCUT2D eigenvalue weighted by Crippen LogP contribution is -2.36. The molecule has 0 fully saturated rings. The molecule has 5 nitrogen and oxygen atoms in total. The van der Waals surface area contributed by atoms with Gasteiger partial charge in [0.25, 0.3) is 0 Å². The van der Waals surface area contributed by atoms with E-state index in [4.69, 9.17) is 5.11 Å². The summed E-state index contributed by atoms with van der Waals surface area (Å²) in [7, 11) is 0. The van der Waals surface area contributed by atoms with Gasteiger partial charge in [-0.25, -0.2) is 9.59 Å². The monoisotopic (exact) mass is 270 g/mol. The molecule has 0 bridgehead atoms. The molecule has 1 aromatic heterocycles. The van der Waals surface area contributed by atoms with Crippen molar-refractivity contribution in [3.8, 4) is 0 Å². The third-order valence-electron chi connectivity index (χ3n) is 2.81. The molecule has 0 saturated heterocycles. The molecule has 6 heteroatoms. The molecular weight excluding hydrogens is 252 g/mol. The molecule has 18 heavy (non-hydrogen) atoms. The van der Waals surface area contributed by atoms with Gasteiger partial charge in [-0.3, -0.25) is 5.32 Å². The van der Waals surface area contributed by atoms with Crippen LogP contribution in [0.2, 0.25) is 0 Å². The van der Waals surface area contributed by atoms with E-state index in [0.29, 0.717) is 11.5 Å². The first-order valence-corrected chi connectivity index (χ1v) is 6.59. The molecule has 1 heterocycles. The number of hydrogen-bond donors (Lipinski definition) is 3. The van der Waals surface area contributed by atoms with Crippen LogP contribution in [0.5, 0.6) is 0 Å². The first kappa shape index (κ1) is 14.5. The smallest absolute Gasteiger partial charge is 0.338 e. The van der Waals surface area contributed by atoms with Gasteiger partial charge in [-0.05, 0) is 23.3 Å². The Kier molecular flexibility index (Phi) is 4.72. The topological polar surface area (TPSA) is 78.4 Å². The third-order valence-corrected chi connectivity index (χ3v) is 3.64. The maximum atomic E-state index is 11.6. The van der Waals surface area contributed by atoms with Crippen LogP contribution in [0.4, 0.5) is 9.80 Å². The molecule has 100 valence electrons. The fourth-order valence-electron chi connectivity index (χ4n) is 1.17. The van der Waals surface area contributed by atoms with Crippen LogP contribution in [0, 0.1) is 5.41 Å². The molecule has 1 rings (SSSR count).